The average molecular weight is 302 g/mol. The summed E-state index contributed by atoms with van der Waals surface area (Å²) in [6, 6.07) is 4.78. The predicted molar refractivity (Wildman–Crippen MR) is 74.5 cm³/mol. The van der Waals surface area contributed by atoms with E-state index in [2.05, 4.69) is 5.32 Å². The summed E-state index contributed by atoms with van der Waals surface area (Å²) >= 11 is 0. The van der Waals surface area contributed by atoms with Crippen molar-refractivity contribution in [2.75, 3.05) is 26.5 Å². The Bertz CT molecular complexity index is 549. The molecule has 1 aromatic rings. The largest absolute Gasteiger partial charge is 0.497 e. The Labute approximate surface area is 118 Å². The van der Waals surface area contributed by atoms with Gasteiger partial charge in [0.15, 0.2) is 0 Å². The van der Waals surface area contributed by atoms with Crippen molar-refractivity contribution >= 4 is 15.9 Å². The minimum Gasteiger partial charge on any atom is -0.497 e. The summed E-state index contributed by atoms with van der Waals surface area (Å²) in [6.07, 6.45) is 0.256. The summed E-state index contributed by atoms with van der Waals surface area (Å²) < 4.78 is 31.6. The van der Waals surface area contributed by atoms with E-state index in [1.54, 1.807) is 18.2 Å². The normalized spacial score (nSPS) is 10.9. The van der Waals surface area contributed by atoms with Gasteiger partial charge >= 0.3 is 0 Å². The fourth-order valence-electron chi connectivity index (χ4n) is 1.52. The molecule has 0 bridgehead atoms. The van der Waals surface area contributed by atoms with Crippen LogP contribution in [0, 0.1) is 0 Å². The van der Waals surface area contributed by atoms with Crippen molar-refractivity contribution in [2.24, 2.45) is 5.14 Å². The zero-order chi connectivity index (χ0) is 15.2. The molecule has 1 rings (SSSR count). The van der Waals surface area contributed by atoms with Crippen molar-refractivity contribution in [1.29, 1.82) is 0 Å². The summed E-state index contributed by atoms with van der Waals surface area (Å²) in [5.41, 5.74) is 0.372. The van der Waals surface area contributed by atoms with Crippen LogP contribution in [-0.4, -0.2) is 40.8 Å². The van der Waals surface area contributed by atoms with Gasteiger partial charge in [-0.15, -0.1) is 0 Å². The highest BCUT2D eigenvalue weighted by atomic mass is 32.2. The van der Waals surface area contributed by atoms with Crippen LogP contribution in [0.4, 0.5) is 0 Å². The van der Waals surface area contributed by atoms with Crippen LogP contribution in [0.15, 0.2) is 18.2 Å². The molecule has 0 aliphatic heterocycles. The number of hydrogen-bond acceptors (Lipinski definition) is 5. The molecule has 8 heteroatoms. The second kappa shape index (κ2) is 7.11. The molecule has 0 atom stereocenters. The maximum atomic E-state index is 11.9. The summed E-state index contributed by atoms with van der Waals surface area (Å²) in [7, 11) is -0.522. The van der Waals surface area contributed by atoms with E-state index in [1.807, 2.05) is 0 Å². The number of rotatable bonds is 7. The van der Waals surface area contributed by atoms with Gasteiger partial charge < -0.3 is 14.8 Å². The number of hydrogen-bond donors (Lipinski definition) is 2. The Morgan fingerprint density at radius 3 is 2.20 bits per heavy atom. The van der Waals surface area contributed by atoms with Crippen LogP contribution in [0.3, 0.4) is 0 Å². The first-order valence-corrected chi connectivity index (χ1v) is 7.59. The molecule has 1 amide bonds. The Morgan fingerprint density at radius 2 is 1.75 bits per heavy atom. The molecule has 7 nitrogen and oxygen atoms in total. The van der Waals surface area contributed by atoms with Gasteiger partial charge in [0.05, 0.1) is 20.0 Å². The second-order valence-electron chi connectivity index (χ2n) is 4.08. The van der Waals surface area contributed by atoms with Crippen molar-refractivity contribution in [3.8, 4) is 11.5 Å². The molecule has 0 unspecified atom stereocenters. The third-order valence-corrected chi connectivity index (χ3v) is 3.36. The van der Waals surface area contributed by atoms with E-state index in [4.69, 9.17) is 14.6 Å². The van der Waals surface area contributed by atoms with Crippen LogP contribution >= 0.6 is 0 Å². The number of primary sulfonamides is 1. The predicted octanol–water partition coefficient (Wildman–Crippen LogP) is 0.112. The smallest absolute Gasteiger partial charge is 0.251 e. The minimum absolute atomic E-state index is 0.172. The summed E-state index contributed by atoms with van der Waals surface area (Å²) in [6.45, 7) is 0.217. The SMILES string of the molecule is COc1cc(OC)cc(C(=O)NCCCS(N)(=O)=O)c1. The van der Waals surface area contributed by atoms with Crippen molar-refractivity contribution in [2.45, 2.75) is 6.42 Å². The molecule has 112 valence electrons. The summed E-state index contributed by atoms with van der Waals surface area (Å²) in [5.74, 6) is 0.490. The van der Waals surface area contributed by atoms with Crippen LogP contribution in [0.25, 0.3) is 0 Å². The van der Waals surface area contributed by atoms with Gasteiger partial charge in [-0.3, -0.25) is 4.79 Å². The molecule has 0 heterocycles. The van der Waals surface area contributed by atoms with Crippen molar-refractivity contribution in [3.05, 3.63) is 23.8 Å². The molecule has 1 aromatic carbocycles. The highest BCUT2D eigenvalue weighted by Gasteiger charge is 2.10. The van der Waals surface area contributed by atoms with Crippen LogP contribution in [0.2, 0.25) is 0 Å². The van der Waals surface area contributed by atoms with E-state index in [1.165, 1.54) is 14.2 Å². The quantitative estimate of drug-likeness (QED) is 0.695. The number of nitrogens with one attached hydrogen (secondary N) is 1. The zero-order valence-corrected chi connectivity index (χ0v) is 12.2. The first-order chi connectivity index (χ1) is 9.35. The average Bonchev–Trinajstić information content (AvgIpc) is 2.41. The van der Waals surface area contributed by atoms with E-state index in [9.17, 15) is 13.2 Å². The maximum Gasteiger partial charge on any atom is 0.251 e. The Morgan fingerprint density at radius 1 is 1.20 bits per heavy atom. The molecular weight excluding hydrogens is 284 g/mol. The van der Waals surface area contributed by atoms with E-state index in [0.717, 1.165) is 0 Å². The number of methoxy groups -OCH3 is 2. The number of benzene rings is 1. The monoisotopic (exact) mass is 302 g/mol. The van der Waals surface area contributed by atoms with Crippen molar-refractivity contribution in [3.63, 3.8) is 0 Å². The molecule has 0 spiro atoms. The van der Waals surface area contributed by atoms with Gasteiger partial charge in [0.2, 0.25) is 10.0 Å². The number of carbonyl (C=O) groups excluding carboxylic acids is 1. The molecule has 0 aliphatic rings. The van der Waals surface area contributed by atoms with E-state index in [-0.39, 0.29) is 24.6 Å². The topological polar surface area (TPSA) is 108 Å². The van der Waals surface area contributed by atoms with Crippen LogP contribution in [0.5, 0.6) is 11.5 Å². The molecule has 3 N–H and O–H groups in total. The molecule has 0 aliphatic carbocycles. The van der Waals surface area contributed by atoms with Crippen LogP contribution in [-0.2, 0) is 10.0 Å². The number of sulfonamides is 1. The lowest BCUT2D eigenvalue weighted by Gasteiger charge is -2.09. The fourth-order valence-corrected chi connectivity index (χ4v) is 2.06. The molecular formula is C12H18N2O5S. The van der Waals surface area contributed by atoms with Gasteiger partial charge in [-0.2, -0.15) is 0 Å². The first kappa shape index (κ1) is 16.3. The van der Waals surface area contributed by atoms with Crippen LogP contribution < -0.4 is 19.9 Å². The fraction of sp³-hybridized carbons (Fsp3) is 0.417. The van der Waals surface area contributed by atoms with Gasteiger partial charge in [-0.25, -0.2) is 13.6 Å². The van der Waals surface area contributed by atoms with Gasteiger partial charge in [0, 0.05) is 18.2 Å². The molecule has 0 saturated heterocycles. The lowest BCUT2D eigenvalue weighted by atomic mass is 10.2. The van der Waals surface area contributed by atoms with E-state index < -0.39 is 10.0 Å². The molecule has 20 heavy (non-hydrogen) atoms. The Balaban J connectivity index is 2.63. The van der Waals surface area contributed by atoms with Crippen LogP contribution in [0.1, 0.15) is 16.8 Å². The summed E-state index contributed by atoms with van der Waals surface area (Å²) in [4.78, 5) is 11.9. The number of ether oxygens (including phenoxy) is 2. The lowest BCUT2D eigenvalue weighted by molar-refractivity contribution is 0.0953. The van der Waals surface area contributed by atoms with Gasteiger partial charge in [0.1, 0.15) is 11.5 Å². The van der Waals surface area contributed by atoms with Gasteiger partial charge in [-0.1, -0.05) is 0 Å². The Hall–Kier alpha value is -1.80. The van der Waals surface area contributed by atoms with Gasteiger partial charge in [-0.05, 0) is 18.6 Å². The van der Waals surface area contributed by atoms with E-state index in [0.29, 0.717) is 17.1 Å². The van der Waals surface area contributed by atoms with Gasteiger partial charge in [0.25, 0.3) is 5.91 Å². The first-order valence-electron chi connectivity index (χ1n) is 5.87. The third kappa shape index (κ3) is 5.45. The highest BCUT2D eigenvalue weighted by Crippen LogP contribution is 2.22. The molecule has 0 saturated carbocycles. The minimum atomic E-state index is -3.50. The molecule has 0 radical (unpaired) electrons. The second-order valence-corrected chi connectivity index (χ2v) is 5.81. The highest BCUT2D eigenvalue weighted by molar-refractivity contribution is 7.89. The third-order valence-electron chi connectivity index (χ3n) is 2.50. The van der Waals surface area contributed by atoms with E-state index >= 15 is 0 Å². The lowest BCUT2D eigenvalue weighted by Crippen LogP contribution is -2.27. The summed E-state index contributed by atoms with van der Waals surface area (Å²) in [5, 5.41) is 7.47. The number of carbonyl (C=O) groups is 1. The maximum absolute atomic E-state index is 11.9. The molecule has 0 aromatic heterocycles. The zero-order valence-electron chi connectivity index (χ0n) is 11.4. The Kier molecular flexibility index (Phi) is 5.78. The van der Waals surface area contributed by atoms with Crippen molar-refractivity contribution in [1.82, 2.24) is 5.32 Å². The molecule has 0 fully saturated rings. The number of nitrogens with two attached hydrogens (primary N) is 1. The van der Waals surface area contributed by atoms with Crippen molar-refractivity contribution < 1.29 is 22.7 Å². The number of amides is 1. The standard InChI is InChI=1S/C12H18N2O5S/c1-18-10-6-9(7-11(8-10)19-2)12(15)14-4-3-5-20(13,16)17/h6-8H,3-5H2,1-2H3,(H,14,15)(H2,13,16,17).